The first-order valence-electron chi connectivity index (χ1n) is 8.42. The number of fused-ring (bicyclic) bond motifs is 2. The van der Waals surface area contributed by atoms with Crippen LogP contribution in [-0.4, -0.2) is 38.6 Å². The number of nitrogens with one attached hydrogen (secondary N) is 1. The first kappa shape index (κ1) is 16.6. The summed E-state index contributed by atoms with van der Waals surface area (Å²) in [6.45, 7) is 0. The van der Waals surface area contributed by atoms with Gasteiger partial charge in [0.15, 0.2) is 5.82 Å². The Labute approximate surface area is 155 Å². The molecule has 8 heteroatoms. The fourth-order valence-corrected chi connectivity index (χ4v) is 4.03. The van der Waals surface area contributed by atoms with Crippen molar-refractivity contribution in [3.05, 3.63) is 41.0 Å². The Morgan fingerprint density at radius 1 is 1.27 bits per heavy atom. The lowest BCUT2D eigenvalue weighted by Gasteiger charge is -2.33. The topological polar surface area (TPSA) is 91.0 Å². The highest BCUT2D eigenvalue weighted by Gasteiger charge is 2.42. The van der Waals surface area contributed by atoms with Crippen LogP contribution < -0.4 is 5.32 Å². The van der Waals surface area contributed by atoms with Crippen molar-refractivity contribution in [2.24, 2.45) is 0 Å². The van der Waals surface area contributed by atoms with Gasteiger partial charge in [-0.2, -0.15) is 5.26 Å². The van der Waals surface area contributed by atoms with Crippen molar-refractivity contribution in [1.29, 1.82) is 5.26 Å². The zero-order chi connectivity index (χ0) is 18.3. The van der Waals surface area contributed by atoms with Crippen molar-refractivity contribution in [1.82, 2.24) is 14.7 Å². The van der Waals surface area contributed by atoms with E-state index in [0.717, 1.165) is 12.8 Å². The van der Waals surface area contributed by atoms with Crippen molar-refractivity contribution in [2.75, 3.05) is 5.32 Å². The summed E-state index contributed by atoms with van der Waals surface area (Å²) < 4.78 is 1.55. The Bertz CT molecular complexity index is 916. The molecule has 0 aliphatic carbocycles. The van der Waals surface area contributed by atoms with E-state index in [1.165, 1.54) is 0 Å². The molecule has 2 aliphatic rings. The summed E-state index contributed by atoms with van der Waals surface area (Å²) in [5.74, 6) is 0.646. The van der Waals surface area contributed by atoms with Crippen LogP contribution in [0.5, 0.6) is 0 Å². The molecule has 2 aromatic rings. The Morgan fingerprint density at radius 3 is 2.65 bits per heavy atom. The molecule has 1 aromatic heterocycles. The maximum atomic E-state index is 12.6. The SMILES string of the molecule is N#Cc1ccc(-n2ccc(NC(=O)N3C4CCC3CC(=O)C4)n2)c(Cl)c1. The number of anilines is 1. The molecule has 2 fully saturated rings. The van der Waals surface area contributed by atoms with Gasteiger partial charge in [0.1, 0.15) is 5.78 Å². The number of urea groups is 1. The van der Waals surface area contributed by atoms with E-state index in [4.69, 9.17) is 16.9 Å². The fraction of sp³-hybridized carbons (Fsp3) is 0.333. The summed E-state index contributed by atoms with van der Waals surface area (Å²) in [7, 11) is 0. The van der Waals surface area contributed by atoms with E-state index in [1.807, 2.05) is 6.07 Å². The van der Waals surface area contributed by atoms with Crippen LogP contribution in [0, 0.1) is 11.3 Å². The fourth-order valence-electron chi connectivity index (χ4n) is 3.76. The van der Waals surface area contributed by atoms with Gasteiger partial charge in [-0.05, 0) is 31.0 Å². The third-order valence-electron chi connectivity index (χ3n) is 4.93. The molecule has 1 N–H and O–H groups in total. The minimum Gasteiger partial charge on any atom is -0.318 e. The van der Waals surface area contributed by atoms with E-state index in [-0.39, 0.29) is 23.9 Å². The van der Waals surface area contributed by atoms with Gasteiger partial charge in [-0.3, -0.25) is 10.1 Å². The second-order valence-corrected chi connectivity index (χ2v) is 7.00. The molecule has 2 aliphatic heterocycles. The molecule has 2 amide bonds. The number of hydrogen-bond acceptors (Lipinski definition) is 4. The van der Waals surface area contributed by atoms with Gasteiger partial charge >= 0.3 is 6.03 Å². The lowest BCUT2D eigenvalue weighted by molar-refractivity contribution is -0.122. The normalized spacial score (nSPS) is 21.5. The minimum absolute atomic E-state index is 0.00342. The Kier molecular flexibility index (Phi) is 4.13. The molecular weight excluding hydrogens is 354 g/mol. The summed E-state index contributed by atoms with van der Waals surface area (Å²) in [5.41, 5.74) is 1.09. The van der Waals surface area contributed by atoms with Crippen molar-refractivity contribution in [3.8, 4) is 11.8 Å². The molecule has 1 aromatic carbocycles. The molecule has 7 nitrogen and oxygen atoms in total. The molecule has 4 rings (SSSR count). The molecule has 0 saturated carbocycles. The quantitative estimate of drug-likeness (QED) is 0.880. The van der Waals surface area contributed by atoms with Crippen LogP contribution in [0.25, 0.3) is 5.69 Å². The first-order valence-corrected chi connectivity index (χ1v) is 8.79. The number of ketones is 1. The van der Waals surface area contributed by atoms with Gasteiger partial charge in [0, 0.05) is 37.2 Å². The molecule has 132 valence electrons. The second-order valence-electron chi connectivity index (χ2n) is 6.59. The van der Waals surface area contributed by atoms with Crippen LogP contribution in [0.1, 0.15) is 31.2 Å². The van der Waals surface area contributed by atoms with Gasteiger partial charge in [0.2, 0.25) is 0 Å². The van der Waals surface area contributed by atoms with E-state index in [1.54, 1.807) is 40.0 Å². The van der Waals surface area contributed by atoms with E-state index >= 15 is 0 Å². The standard InChI is InChI=1S/C18H16ClN5O2/c19-15-7-11(10-20)1-4-16(15)23-6-5-17(22-23)21-18(26)24-12-2-3-13(24)9-14(25)8-12/h1,4-7,12-13H,2-3,8-9H2,(H,21,22,26). The third kappa shape index (κ3) is 2.93. The van der Waals surface area contributed by atoms with E-state index in [9.17, 15) is 9.59 Å². The van der Waals surface area contributed by atoms with Gasteiger partial charge < -0.3 is 4.90 Å². The minimum atomic E-state index is -0.221. The smallest absolute Gasteiger partial charge is 0.318 e. The van der Waals surface area contributed by atoms with Crippen LogP contribution in [0.2, 0.25) is 5.02 Å². The first-order chi connectivity index (χ1) is 12.5. The van der Waals surface area contributed by atoms with Crippen LogP contribution in [0.15, 0.2) is 30.5 Å². The van der Waals surface area contributed by atoms with Gasteiger partial charge in [-0.1, -0.05) is 11.6 Å². The number of piperidine rings is 1. The summed E-state index contributed by atoms with van der Waals surface area (Å²) in [5, 5.41) is 16.5. The van der Waals surface area contributed by atoms with Gasteiger partial charge in [-0.15, -0.1) is 5.10 Å². The number of aromatic nitrogens is 2. The highest BCUT2D eigenvalue weighted by atomic mass is 35.5. The maximum absolute atomic E-state index is 12.6. The Hall–Kier alpha value is -2.85. The molecule has 2 bridgehead atoms. The Morgan fingerprint density at radius 2 is 2.00 bits per heavy atom. The van der Waals surface area contributed by atoms with Crippen molar-refractivity contribution in [3.63, 3.8) is 0 Å². The molecule has 2 saturated heterocycles. The van der Waals surface area contributed by atoms with E-state index in [2.05, 4.69) is 10.4 Å². The summed E-state index contributed by atoms with van der Waals surface area (Å²) >= 11 is 6.20. The van der Waals surface area contributed by atoms with Crippen molar-refractivity contribution in [2.45, 2.75) is 37.8 Å². The predicted molar refractivity (Wildman–Crippen MR) is 95.2 cm³/mol. The zero-order valence-electron chi connectivity index (χ0n) is 13.9. The molecular formula is C18H16ClN5O2. The lowest BCUT2D eigenvalue weighted by atomic mass is 10.0. The molecule has 2 unspecified atom stereocenters. The second kappa shape index (κ2) is 6.46. The largest absolute Gasteiger partial charge is 0.323 e. The number of amides is 2. The van der Waals surface area contributed by atoms with Gasteiger partial charge in [-0.25, -0.2) is 9.48 Å². The highest BCUT2D eigenvalue weighted by Crippen LogP contribution is 2.34. The summed E-state index contributed by atoms with van der Waals surface area (Å²) in [6, 6.07) is 8.42. The lowest BCUT2D eigenvalue weighted by Crippen LogP contribution is -2.48. The van der Waals surface area contributed by atoms with E-state index in [0.29, 0.717) is 34.9 Å². The van der Waals surface area contributed by atoms with Crippen molar-refractivity contribution >= 4 is 29.2 Å². The van der Waals surface area contributed by atoms with E-state index < -0.39 is 0 Å². The number of halogens is 1. The molecule has 0 spiro atoms. The van der Waals surface area contributed by atoms with Crippen molar-refractivity contribution < 1.29 is 9.59 Å². The van der Waals surface area contributed by atoms with Gasteiger partial charge in [0.05, 0.1) is 22.3 Å². The number of nitrogens with zero attached hydrogens (tertiary/aromatic N) is 4. The summed E-state index contributed by atoms with van der Waals surface area (Å²) in [4.78, 5) is 26.1. The number of Topliss-reactive ketones (excluding diaryl/α,β-unsaturated/α-hetero) is 1. The number of hydrogen-bond donors (Lipinski definition) is 1. The number of carbonyl (C=O) groups is 2. The molecule has 3 heterocycles. The number of rotatable bonds is 2. The average molecular weight is 370 g/mol. The number of nitriles is 1. The van der Waals surface area contributed by atoms with Crippen LogP contribution in [0.3, 0.4) is 0 Å². The molecule has 0 radical (unpaired) electrons. The van der Waals surface area contributed by atoms with Crippen LogP contribution in [-0.2, 0) is 4.79 Å². The summed E-state index contributed by atoms with van der Waals surface area (Å²) in [6.07, 6.45) is 4.33. The maximum Gasteiger partial charge on any atom is 0.323 e. The number of benzene rings is 1. The Balaban J connectivity index is 1.50. The monoisotopic (exact) mass is 369 g/mol. The predicted octanol–water partition coefficient (Wildman–Crippen LogP) is 3.13. The van der Waals surface area contributed by atoms with Crippen LogP contribution >= 0.6 is 11.6 Å². The number of carbonyl (C=O) groups excluding carboxylic acids is 2. The average Bonchev–Trinajstić information content (AvgIpc) is 3.17. The molecule has 2 atom stereocenters. The highest BCUT2D eigenvalue weighted by molar-refractivity contribution is 6.32. The van der Waals surface area contributed by atoms with Gasteiger partial charge in [0.25, 0.3) is 0 Å². The van der Waals surface area contributed by atoms with Crippen LogP contribution in [0.4, 0.5) is 10.6 Å². The third-order valence-corrected chi connectivity index (χ3v) is 5.23. The molecule has 26 heavy (non-hydrogen) atoms. The zero-order valence-corrected chi connectivity index (χ0v) is 14.6.